The first kappa shape index (κ1) is 19.6. The fourth-order valence-corrected chi connectivity index (χ4v) is 4.34. The minimum absolute atomic E-state index is 0.304. The van der Waals surface area contributed by atoms with E-state index in [2.05, 4.69) is 0 Å². The molecule has 6 nitrogen and oxygen atoms in total. The Balaban J connectivity index is 1.57. The number of ether oxygens (including phenoxy) is 1. The van der Waals surface area contributed by atoms with Crippen molar-refractivity contribution >= 4 is 34.8 Å². The number of fused-ring (bicyclic) bond motifs is 1. The highest BCUT2D eigenvalue weighted by Gasteiger charge is 2.60. The van der Waals surface area contributed by atoms with Crippen molar-refractivity contribution in [3.05, 3.63) is 89.4 Å². The zero-order chi connectivity index (χ0) is 21.5. The summed E-state index contributed by atoms with van der Waals surface area (Å²) in [4.78, 5) is 34.2. The molecule has 31 heavy (non-hydrogen) atoms. The van der Waals surface area contributed by atoms with Crippen LogP contribution in [0.3, 0.4) is 0 Å². The molecule has 0 saturated carbocycles. The van der Waals surface area contributed by atoms with E-state index in [1.54, 1.807) is 48.6 Å². The summed E-state index contributed by atoms with van der Waals surface area (Å²) in [6.07, 6.45) is -0.917. The van der Waals surface area contributed by atoms with Crippen molar-refractivity contribution in [2.45, 2.75) is 12.1 Å². The predicted octanol–water partition coefficient (Wildman–Crippen LogP) is 4.40. The summed E-state index contributed by atoms with van der Waals surface area (Å²) in [7, 11) is 1.54. The van der Waals surface area contributed by atoms with E-state index in [4.69, 9.17) is 21.2 Å². The molecule has 2 aliphatic heterocycles. The van der Waals surface area contributed by atoms with Crippen LogP contribution in [0.1, 0.15) is 11.6 Å². The Labute approximate surface area is 184 Å². The standard InChI is InChI=1S/C24H19ClN2O4/c1-30-19-9-5-8-18(14-19)26-23(28)20-21(15-10-12-16(25)13-11-15)27(31-22(20)24(26)29)17-6-3-2-4-7-17/h2-14,20-22H,1H3/t20-,21+,22-/m1/s1. The molecular weight excluding hydrogens is 416 g/mol. The molecule has 0 spiro atoms. The van der Waals surface area contributed by atoms with Crippen LogP contribution in [0.2, 0.25) is 5.02 Å². The summed E-state index contributed by atoms with van der Waals surface area (Å²) in [5, 5.41) is 2.26. The Morgan fingerprint density at radius 1 is 0.871 bits per heavy atom. The van der Waals surface area contributed by atoms with Gasteiger partial charge in [-0.15, -0.1) is 0 Å². The van der Waals surface area contributed by atoms with E-state index in [1.807, 2.05) is 42.5 Å². The highest BCUT2D eigenvalue weighted by Crippen LogP contribution is 2.47. The zero-order valence-electron chi connectivity index (χ0n) is 16.6. The first-order valence-electron chi connectivity index (χ1n) is 9.87. The Kier molecular flexibility index (Phi) is 4.88. The highest BCUT2D eigenvalue weighted by atomic mass is 35.5. The Bertz CT molecular complexity index is 1140. The van der Waals surface area contributed by atoms with Crippen LogP contribution in [-0.2, 0) is 14.4 Å². The summed E-state index contributed by atoms with van der Waals surface area (Å²) in [6, 6.07) is 23.1. The van der Waals surface area contributed by atoms with Gasteiger partial charge in [-0.3, -0.25) is 14.4 Å². The van der Waals surface area contributed by atoms with Gasteiger partial charge in [0.2, 0.25) is 5.91 Å². The number of carbonyl (C=O) groups is 2. The van der Waals surface area contributed by atoms with Crippen LogP contribution < -0.4 is 14.7 Å². The second-order valence-corrected chi connectivity index (χ2v) is 7.86. The van der Waals surface area contributed by atoms with Gasteiger partial charge >= 0.3 is 0 Å². The van der Waals surface area contributed by atoms with E-state index < -0.39 is 18.1 Å². The van der Waals surface area contributed by atoms with Crippen LogP contribution in [0.5, 0.6) is 5.75 Å². The summed E-state index contributed by atoms with van der Waals surface area (Å²) >= 11 is 6.08. The summed E-state index contributed by atoms with van der Waals surface area (Å²) in [5.41, 5.74) is 2.08. The highest BCUT2D eigenvalue weighted by molar-refractivity contribution is 6.30. The monoisotopic (exact) mass is 434 g/mol. The van der Waals surface area contributed by atoms with Gasteiger partial charge in [0.15, 0.2) is 6.10 Å². The van der Waals surface area contributed by atoms with E-state index in [9.17, 15) is 9.59 Å². The smallest absolute Gasteiger partial charge is 0.266 e. The number of hydroxylamine groups is 1. The normalized spacial score (nSPS) is 22.7. The van der Waals surface area contributed by atoms with Gasteiger partial charge in [-0.1, -0.05) is 48.0 Å². The number of rotatable bonds is 4. The summed E-state index contributed by atoms with van der Waals surface area (Å²) in [5.74, 6) is -0.821. The van der Waals surface area contributed by atoms with Gasteiger partial charge in [0.05, 0.1) is 24.5 Å². The van der Waals surface area contributed by atoms with Crippen LogP contribution in [0, 0.1) is 5.92 Å². The molecule has 0 aromatic heterocycles. The quantitative estimate of drug-likeness (QED) is 0.570. The van der Waals surface area contributed by atoms with Crippen molar-refractivity contribution in [2.24, 2.45) is 5.92 Å². The van der Waals surface area contributed by atoms with Gasteiger partial charge in [-0.2, -0.15) is 0 Å². The van der Waals surface area contributed by atoms with Gasteiger partial charge < -0.3 is 4.74 Å². The third-order valence-corrected chi connectivity index (χ3v) is 5.90. The van der Waals surface area contributed by atoms with Crippen molar-refractivity contribution in [2.75, 3.05) is 17.1 Å². The lowest BCUT2D eigenvalue weighted by molar-refractivity contribution is -0.126. The molecule has 2 heterocycles. The molecular formula is C24H19ClN2O4. The molecule has 3 atom stereocenters. The van der Waals surface area contributed by atoms with Gasteiger partial charge in [0, 0.05) is 11.1 Å². The van der Waals surface area contributed by atoms with E-state index in [-0.39, 0.29) is 11.8 Å². The lowest BCUT2D eigenvalue weighted by atomic mass is 9.90. The molecule has 0 unspecified atom stereocenters. The number of hydrogen-bond donors (Lipinski definition) is 0. The summed E-state index contributed by atoms with van der Waals surface area (Å²) in [6.45, 7) is 0. The molecule has 3 aromatic carbocycles. The molecule has 2 saturated heterocycles. The van der Waals surface area contributed by atoms with Crippen LogP contribution in [-0.4, -0.2) is 25.0 Å². The Hall–Kier alpha value is -3.35. The fraction of sp³-hybridized carbons (Fsp3) is 0.167. The third kappa shape index (κ3) is 3.24. The Morgan fingerprint density at radius 2 is 1.58 bits per heavy atom. The molecule has 2 fully saturated rings. The molecule has 3 aromatic rings. The molecule has 2 amide bonds. The van der Waals surface area contributed by atoms with Crippen molar-refractivity contribution in [1.29, 1.82) is 0 Å². The van der Waals surface area contributed by atoms with E-state index in [1.165, 1.54) is 4.90 Å². The molecule has 0 aliphatic carbocycles. The van der Waals surface area contributed by atoms with Gasteiger partial charge in [-0.05, 0) is 42.0 Å². The second kappa shape index (κ2) is 7.72. The first-order chi connectivity index (χ1) is 15.1. The number of nitrogens with zero attached hydrogens (tertiary/aromatic N) is 2. The van der Waals surface area contributed by atoms with Crippen molar-refractivity contribution < 1.29 is 19.2 Å². The first-order valence-corrected chi connectivity index (χ1v) is 10.2. The van der Waals surface area contributed by atoms with Gasteiger partial charge in [0.25, 0.3) is 5.91 Å². The molecule has 2 aliphatic rings. The average Bonchev–Trinajstić information content (AvgIpc) is 3.31. The van der Waals surface area contributed by atoms with E-state index in [0.717, 1.165) is 11.3 Å². The molecule has 7 heteroatoms. The summed E-state index contributed by atoms with van der Waals surface area (Å²) < 4.78 is 5.25. The lowest BCUT2D eigenvalue weighted by Gasteiger charge is -2.28. The molecule has 0 N–H and O–H groups in total. The number of para-hydroxylation sites is 1. The number of amides is 2. The molecule has 0 bridgehead atoms. The number of carbonyl (C=O) groups excluding carboxylic acids is 2. The Morgan fingerprint density at radius 3 is 2.29 bits per heavy atom. The maximum absolute atomic E-state index is 13.6. The third-order valence-electron chi connectivity index (χ3n) is 5.65. The van der Waals surface area contributed by atoms with E-state index in [0.29, 0.717) is 16.5 Å². The van der Waals surface area contributed by atoms with Crippen LogP contribution in [0.15, 0.2) is 78.9 Å². The second-order valence-electron chi connectivity index (χ2n) is 7.42. The minimum atomic E-state index is -0.917. The largest absolute Gasteiger partial charge is 0.497 e. The predicted molar refractivity (Wildman–Crippen MR) is 117 cm³/mol. The van der Waals surface area contributed by atoms with Gasteiger partial charge in [0.1, 0.15) is 11.7 Å². The average molecular weight is 435 g/mol. The SMILES string of the molecule is COc1cccc(N2C(=O)[C@H]3[C@@H](ON(c4ccccc4)[C@H]3c3ccc(Cl)cc3)C2=O)c1. The molecule has 0 radical (unpaired) electrons. The molecule has 5 rings (SSSR count). The van der Waals surface area contributed by atoms with Crippen LogP contribution in [0.4, 0.5) is 11.4 Å². The zero-order valence-corrected chi connectivity index (χ0v) is 17.4. The fourth-order valence-electron chi connectivity index (χ4n) is 4.22. The minimum Gasteiger partial charge on any atom is -0.497 e. The number of anilines is 2. The number of imide groups is 1. The van der Waals surface area contributed by atoms with E-state index >= 15 is 0 Å². The van der Waals surface area contributed by atoms with Crippen molar-refractivity contribution in [3.63, 3.8) is 0 Å². The maximum Gasteiger partial charge on any atom is 0.266 e. The topological polar surface area (TPSA) is 59.1 Å². The number of methoxy groups -OCH3 is 1. The van der Waals surface area contributed by atoms with Crippen LogP contribution >= 0.6 is 11.6 Å². The lowest BCUT2D eigenvalue weighted by Crippen LogP contribution is -2.37. The molecule has 156 valence electrons. The maximum atomic E-state index is 13.6. The number of halogens is 1. The van der Waals surface area contributed by atoms with Crippen molar-refractivity contribution in [3.8, 4) is 5.75 Å². The van der Waals surface area contributed by atoms with Gasteiger partial charge in [-0.25, -0.2) is 9.96 Å². The number of benzene rings is 3. The van der Waals surface area contributed by atoms with Crippen LogP contribution in [0.25, 0.3) is 0 Å². The van der Waals surface area contributed by atoms with Crippen molar-refractivity contribution in [1.82, 2.24) is 0 Å². The number of hydrogen-bond acceptors (Lipinski definition) is 5.